The van der Waals surface area contributed by atoms with Crippen LogP contribution in [0.3, 0.4) is 0 Å². The molecule has 0 spiro atoms. The summed E-state index contributed by atoms with van der Waals surface area (Å²) in [7, 11) is 5.87. The molecule has 0 aliphatic rings. The third-order valence-corrected chi connectivity index (χ3v) is 4.65. The highest BCUT2D eigenvalue weighted by Gasteiger charge is 2.10. The van der Waals surface area contributed by atoms with E-state index in [1.165, 1.54) is 5.56 Å². The molecule has 2 N–H and O–H groups in total. The molecule has 1 rings (SSSR count). The lowest BCUT2D eigenvalue weighted by atomic mass is 9.98. The van der Waals surface area contributed by atoms with Crippen LogP contribution in [0.5, 0.6) is 5.75 Å². The monoisotopic (exact) mass is 392 g/mol. The van der Waals surface area contributed by atoms with Gasteiger partial charge in [0.1, 0.15) is 5.75 Å². The third kappa shape index (κ3) is 9.95. The van der Waals surface area contributed by atoms with Gasteiger partial charge in [-0.1, -0.05) is 19.1 Å². The van der Waals surface area contributed by atoms with Gasteiger partial charge in [-0.3, -0.25) is 4.99 Å². The summed E-state index contributed by atoms with van der Waals surface area (Å²) in [5, 5.41) is 6.78. The van der Waals surface area contributed by atoms with Crippen LogP contribution in [-0.4, -0.2) is 71.0 Å². The minimum absolute atomic E-state index is 0.154. The lowest BCUT2D eigenvalue weighted by molar-refractivity contribution is 0.0582. The summed E-state index contributed by atoms with van der Waals surface area (Å²) in [6.07, 6.45) is 2.17. The van der Waals surface area contributed by atoms with Gasteiger partial charge in [-0.05, 0) is 64.4 Å². The highest BCUT2D eigenvalue weighted by atomic mass is 16.5. The Morgan fingerprint density at radius 1 is 1.11 bits per heavy atom. The molecular weight excluding hydrogens is 352 g/mol. The zero-order valence-corrected chi connectivity index (χ0v) is 18.6. The van der Waals surface area contributed by atoms with Crippen LogP contribution in [0.1, 0.15) is 45.1 Å². The predicted molar refractivity (Wildman–Crippen MR) is 119 cm³/mol. The van der Waals surface area contributed by atoms with Gasteiger partial charge in [0.2, 0.25) is 0 Å². The van der Waals surface area contributed by atoms with Crippen molar-refractivity contribution in [2.75, 3.05) is 54.0 Å². The molecule has 160 valence electrons. The fraction of sp³-hybridized carbons (Fsp3) is 0.682. The molecular formula is C22H40N4O2. The van der Waals surface area contributed by atoms with E-state index in [1.807, 2.05) is 19.1 Å². The van der Waals surface area contributed by atoms with Gasteiger partial charge >= 0.3 is 0 Å². The normalized spacial score (nSPS) is 14.0. The van der Waals surface area contributed by atoms with E-state index in [4.69, 9.17) is 14.5 Å². The van der Waals surface area contributed by atoms with Crippen molar-refractivity contribution in [1.82, 2.24) is 15.5 Å². The van der Waals surface area contributed by atoms with Gasteiger partial charge in [0.15, 0.2) is 5.96 Å². The van der Waals surface area contributed by atoms with E-state index in [0.29, 0.717) is 12.5 Å². The Labute approximate surface area is 171 Å². The number of benzene rings is 1. The van der Waals surface area contributed by atoms with Crippen LogP contribution < -0.4 is 15.4 Å². The fourth-order valence-corrected chi connectivity index (χ4v) is 2.91. The minimum Gasteiger partial charge on any atom is -0.497 e. The molecule has 0 saturated heterocycles. The first kappa shape index (κ1) is 24.2. The van der Waals surface area contributed by atoms with Crippen LogP contribution in [0.4, 0.5) is 0 Å². The van der Waals surface area contributed by atoms with Gasteiger partial charge in [-0.15, -0.1) is 0 Å². The Kier molecular flexibility index (Phi) is 12.3. The van der Waals surface area contributed by atoms with Gasteiger partial charge < -0.3 is 25.0 Å². The number of guanidine groups is 1. The second kappa shape index (κ2) is 14.2. The average Bonchev–Trinajstić information content (AvgIpc) is 2.69. The zero-order valence-electron chi connectivity index (χ0n) is 18.6. The number of rotatable bonds is 13. The molecule has 0 bridgehead atoms. The SMILES string of the molecule is CCNC(=NCC(CCN(C)C)OCC)NCCC(C)c1ccc(OC)cc1. The first-order valence-corrected chi connectivity index (χ1v) is 10.4. The summed E-state index contributed by atoms with van der Waals surface area (Å²) in [5.41, 5.74) is 1.32. The van der Waals surface area contributed by atoms with Crippen LogP contribution in [0.25, 0.3) is 0 Å². The van der Waals surface area contributed by atoms with Crippen molar-refractivity contribution < 1.29 is 9.47 Å². The molecule has 28 heavy (non-hydrogen) atoms. The zero-order chi connectivity index (χ0) is 20.8. The quantitative estimate of drug-likeness (QED) is 0.399. The summed E-state index contributed by atoms with van der Waals surface area (Å²) in [4.78, 5) is 6.92. The molecule has 6 heteroatoms. The van der Waals surface area contributed by atoms with Crippen LogP contribution in [0, 0.1) is 0 Å². The predicted octanol–water partition coefficient (Wildman–Crippen LogP) is 3.10. The van der Waals surface area contributed by atoms with Crippen molar-refractivity contribution in [2.45, 2.75) is 45.6 Å². The van der Waals surface area contributed by atoms with E-state index in [1.54, 1.807) is 7.11 Å². The van der Waals surface area contributed by atoms with Crippen LogP contribution in [0.2, 0.25) is 0 Å². The van der Waals surface area contributed by atoms with E-state index in [2.05, 4.69) is 55.6 Å². The number of hydrogen-bond donors (Lipinski definition) is 2. The van der Waals surface area contributed by atoms with E-state index in [9.17, 15) is 0 Å². The first-order chi connectivity index (χ1) is 13.5. The van der Waals surface area contributed by atoms with Crippen molar-refractivity contribution in [1.29, 1.82) is 0 Å². The molecule has 1 aromatic rings. The van der Waals surface area contributed by atoms with Crippen LogP contribution in [0.15, 0.2) is 29.3 Å². The number of aliphatic imine (C=N–C) groups is 1. The molecule has 0 aliphatic carbocycles. The summed E-state index contributed by atoms with van der Waals surface area (Å²) in [5.74, 6) is 2.23. The number of nitrogens with zero attached hydrogens (tertiary/aromatic N) is 2. The van der Waals surface area contributed by atoms with Crippen LogP contribution >= 0.6 is 0 Å². The Balaban J connectivity index is 2.51. The summed E-state index contributed by atoms with van der Waals surface area (Å²) in [6, 6.07) is 8.32. The highest BCUT2D eigenvalue weighted by molar-refractivity contribution is 5.79. The van der Waals surface area contributed by atoms with Crippen molar-refractivity contribution >= 4 is 5.96 Å². The number of hydrogen-bond acceptors (Lipinski definition) is 4. The summed E-state index contributed by atoms with van der Waals surface area (Å²) in [6.45, 7) is 10.5. The van der Waals surface area contributed by atoms with Gasteiger partial charge in [0.25, 0.3) is 0 Å². The molecule has 0 radical (unpaired) electrons. The van der Waals surface area contributed by atoms with Crippen molar-refractivity contribution in [3.63, 3.8) is 0 Å². The molecule has 2 atom stereocenters. The van der Waals surface area contributed by atoms with Crippen molar-refractivity contribution in [3.05, 3.63) is 29.8 Å². The number of nitrogens with one attached hydrogen (secondary N) is 2. The smallest absolute Gasteiger partial charge is 0.191 e. The molecule has 0 amide bonds. The second-order valence-electron chi connectivity index (χ2n) is 7.28. The molecule has 1 aromatic carbocycles. The Hall–Kier alpha value is -1.79. The van der Waals surface area contributed by atoms with Gasteiger partial charge in [0, 0.05) is 26.2 Å². The van der Waals surface area contributed by atoms with Crippen LogP contribution in [-0.2, 0) is 4.74 Å². The maximum absolute atomic E-state index is 5.84. The summed E-state index contributed by atoms with van der Waals surface area (Å²) >= 11 is 0. The Bertz CT molecular complexity index is 546. The number of ether oxygens (including phenoxy) is 2. The lowest BCUT2D eigenvalue weighted by Crippen LogP contribution is -2.39. The van der Waals surface area contributed by atoms with Gasteiger partial charge in [0.05, 0.1) is 19.8 Å². The molecule has 2 unspecified atom stereocenters. The molecule has 0 fully saturated rings. The molecule has 0 aromatic heterocycles. The van der Waals surface area contributed by atoms with Gasteiger partial charge in [-0.2, -0.15) is 0 Å². The first-order valence-electron chi connectivity index (χ1n) is 10.4. The Morgan fingerprint density at radius 2 is 1.82 bits per heavy atom. The average molecular weight is 393 g/mol. The van der Waals surface area contributed by atoms with Crippen molar-refractivity contribution in [2.24, 2.45) is 4.99 Å². The fourth-order valence-electron chi connectivity index (χ4n) is 2.91. The molecule has 0 heterocycles. The molecule has 0 saturated carbocycles. The molecule has 6 nitrogen and oxygen atoms in total. The van der Waals surface area contributed by atoms with E-state index in [-0.39, 0.29) is 6.10 Å². The topological polar surface area (TPSA) is 58.1 Å². The van der Waals surface area contributed by atoms with E-state index < -0.39 is 0 Å². The highest BCUT2D eigenvalue weighted by Crippen LogP contribution is 2.21. The maximum atomic E-state index is 5.84. The molecule has 0 aliphatic heterocycles. The third-order valence-electron chi connectivity index (χ3n) is 4.65. The maximum Gasteiger partial charge on any atom is 0.191 e. The van der Waals surface area contributed by atoms with E-state index >= 15 is 0 Å². The minimum atomic E-state index is 0.154. The Morgan fingerprint density at radius 3 is 2.39 bits per heavy atom. The van der Waals surface area contributed by atoms with Crippen molar-refractivity contribution in [3.8, 4) is 5.75 Å². The lowest BCUT2D eigenvalue weighted by Gasteiger charge is -2.19. The van der Waals surface area contributed by atoms with E-state index in [0.717, 1.165) is 50.8 Å². The second-order valence-corrected chi connectivity index (χ2v) is 7.28. The number of methoxy groups -OCH3 is 1. The largest absolute Gasteiger partial charge is 0.497 e. The van der Waals surface area contributed by atoms with Gasteiger partial charge in [-0.25, -0.2) is 0 Å². The summed E-state index contributed by atoms with van der Waals surface area (Å²) < 4.78 is 11.1. The standard InChI is InChI=1S/C22H40N4O2/c1-7-23-22(25-17-21(28-8-2)14-16-26(4)5)24-15-13-18(3)19-9-11-20(27-6)12-10-19/h9-12,18,21H,7-8,13-17H2,1-6H3,(H2,23,24,25).